The van der Waals surface area contributed by atoms with Crippen molar-refractivity contribution in [2.75, 3.05) is 13.2 Å². The van der Waals surface area contributed by atoms with Gasteiger partial charge in [0, 0.05) is 19.3 Å². The summed E-state index contributed by atoms with van der Waals surface area (Å²) in [5, 5.41) is 0. The molecule has 0 spiro atoms. The maximum atomic E-state index is 12.9. The Kier molecular flexibility index (Phi) is 54.3. The molecule has 0 aromatic rings. The van der Waals surface area contributed by atoms with Gasteiger partial charge < -0.3 is 14.2 Å². The van der Waals surface area contributed by atoms with Crippen molar-refractivity contribution in [2.45, 2.75) is 284 Å². The van der Waals surface area contributed by atoms with Gasteiger partial charge in [0.05, 0.1) is 0 Å². The zero-order valence-corrected chi connectivity index (χ0v) is 45.3. The Hall–Kier alpha value is -3.41. The Labute approximate surface area is 426 Å². The minimum Gasteiger partial charge on any atom is -0.462 e. The molecule has 0 aromatic carbocycles. The molecule has 0 saturated carbocycles. The lowest BCUT2D eigenvalue weighted by molar-refractivity contribution is -0.167. The number of rotatable bonds is 52. The molecule has 0 heterocycles. The van der Waals surface area contributed by atoms with E-state index in [2.05, 4.69) is 106 Å². The molecular weight excluding hydrogens is 853 g/mol. The zero-order chi connectivity index (χ0) is 50.0. The molecule has 396 valence electrons. The molecule has 6 heteroatoms. The lowest BCUT2D eigenvalue weighted by Crippen LogP contribution is -2.30. The second-order valence-corrected chi connectivity index (χ2v) is 19.2. The number of esters is 3. The maximum Gasteiger partial charge on any atom is 0.306 e. The number of carbonyl (C=O) groups excluding carboxylic acids is 3. The lowest BCUT2D eigenvalue weighted by atomic mass is 10.1. The first-order valence-corrected chi connectivity index (χ1v) is 29.1. The number of carbonyl (C=O) groups is 3. The van der Waals surface area contributed by atoms with Crippen LogP contribution in [0.15, 0.2) is 85.1 Å². The van der Waals surface area contributed by atoms with E-state index < -0.39 is 6.10 Å². The van der Waals surface area contributed by atoms with Crippen molar-refractivity contribution in [2.24, 2.45) is 0 Å². The van der Waals surface area contributed by atoms with Gasteiger partial charge in [-0.05, 0) is 122 Å². The van der Waals surface area contributed by atoms with E-state index in [1.807, 2.05) is 0 Å². The van der Waals surface area contributed by atoms with Crippen molar-refractivity contribution < 1.29 is 28.6 Å². The lowest BCUT2D eigenvalue weighted by Gasteiger charge is -2.18. The molecule has 69 heavy (non-hydrogen) atoms. The standard InChI is InChI=1S/C63H108O6/c1-4-7-10-13-16-19-22-25-28-30-31-33-35-38-41-44-47-50-53-56-62(65)68-59-60(58-67-61(64)55-52-49-46-43-40-37-34-27-24-21-18-15-12-9-6-3)69-63(66)57-54-51-48-45-42-39-36-32-29-26-23-20-17-14-11-8-5-2/h16,18-19,21,25-29,31,33-34,40,43,60H,4-15,17,20,22-24,30,32,35-39,41-42,44-59H2,1-3H3/b19-16-,21-18-,28-25-,29-26-,33-31-,34-27-,43-40-/t60-/m1/s1. The second-order valence-electron chi connectivity index (χ2n) is 19.2. The van der Waals surface area contributed by atoms with Gasteiger partial charge in [-0.15, -0.1) is 0 Å². The summed E-state index contributed by atoms with van der Waals surface area (Å²) in [5.74, 6) is -0.947. The molecule has 0 aliphatic rings. The fraction of sp³-hybridized carbons (Fsp3) is 0.730. The summed E-state index contributed by atoms with van der Waals surface area (Å²) in [6, 6.07) is 0. The van der Waals surface area contributed by atoms with E-state index in [0.717, 1.165) is 89.9 Å². The van der Waals surface area contributed by atoms with Crippen LogP contribution >= 0.6 is 0 Å². The Morgan fingerprint density at radius 1 is 0.290 bits per heavy atom. The van der Waals surface area contributed by atoms with E-state index in [0.29, 0.717) is 19.3 Å². The summed E-state index contributed by atoms with van der Waals surface area (Å²) in [4.78, 5) is 38.2. The third-order valence-electron chi connectivity index (χ3n) is 12.3. The van der Waals surface area contributed by atoms with Gasteiger partial charge in [-0.3, -0.25) is 14.4 Å². The fourth-order valence-corrected chi connectivity index (χ4v) is 7.92. The van der Waals surface area contributed by atoms with Gasteiger partial charge in [0.2, 0.25) is 0 Å². The van der Waals surface area contributed by atoms with Crippen LogP contribution in [0.5, 0.6) is 0 Å². The third kappa shape index (κ3) is 55.4. The smallest absolute Gasteiger partial charge is 0.306 e. The minimum atomic E-state index is -0.801. The first-order chi connectivity index (χ1) is 34.0. The summed E-state index contributed by atoms with van der Waals surface area (Å²) >= 11 is 0. The minimum absolute atomic E-state index is 0.0972. The predicted octanol–water partition coefficient (Wildman–Crippen LogP) is 19.5. The van der Waals surface area contributed by atoms with E-state index in [-0.39, 0.29) is 31.1 Å². The molecule has 0 bridgehead atoms. The predicted molar refractivity (Wildman–Crippen MR) is 297 cm³/mol. The molecule has 0 aliphatic carbocycles. The molecular formula is C63H108O6. The van der Waals surface area contributed by atoms with Crippen LogP contribution in [0.25, 0.3) is 0 Å². The van der Waals surface area contributed by atoms with E-state index in [1.165, 1.54) is 148 Å². The molecule has 6 nitrogen and oxygen atoms in total. The van der Waals surface area contributed by atoms with Crippen LogP contribution in [-0.4, -0.2) is 37.2 Å². The quantitative estimate of drug-likeness (QED) is 0.0262. The van der Waals surface area contributed by atoms with Crippen LogP contribution in [0.4, 0.5) is 0 Å². The van der Waals surface area contributed by atoms with Crippen LogP contribution < -0.4 is 0 Å². The van der Waals surface area contributed by atoms with Crippen LogP contribution in [0.1, 0.15) is 278 Å². The molecule has 1 atom stereocenters. The van der Waals surface area contributed by atoms with Crippen LogP contribution in [-0.2, 0) is 28.6 Å². The monoisotopic (exact) mass is 961 g/mol. The molecule has 0 aromatic heterocycles. The number of unbranched alkanes of at least 4 members (excludes halogenated alkanes) is 27. The van der Waals surface area contributed by atoms with E-state index >= 15 is 0 Å². The second kappa shape index (κ2) is 57.2. The first kappa shape index (κ1) is 65.6. The van der Waals surface area contributed by atoms with Crippen molar-refractivity contribution in [1.29, 1.82) is 0 Å². The van der Waals surface area contributed by atoms with Gasteiger partial charge >= 0.3 is 17.9 Å². The van der Waals surface area contributed by atoms with Gasteiger partial charge in [0.1, 0.15) is 13.2 Å². The van der Waals surface area contributed by atoms with Crippen molar-refractivity contribution in [3.63, 3.8) is 0 Å². The highest BCUT2D eigenvalue weighted by Gasteiger charge is 2.19. The summed E-state index contributed by atoms with van der Waals surface area (Å²) in [5.41, 5.74) is 0. The zero-order valence-electron chi connectivity index (χ0n) is 45.3. The van der Waals surface area contributed by atoms with E-state index in [1.54, 1.807) is 0 Å². The number of ether oxygens (including phenoxy) is 3. The molecule has 0 radical (unpaired) electrons. The SMILES string of the molecule is CCCCC/C=C\C/C=C\C/C=C\CCCCCCCCC(=O)OC[C@@H](COC(=O)CCCC/C=C\C/C=C\C/C=C\CCCCC)OC(=O)CCCCCCCCC/C=C\CCCCCCCC. The summed E-state index contributed by atoms with van der Waals surface area (Å²) in [6.07, 6.45) is 74.2. The molecule has 0 unspecified atom stereocenters. The normalized spacial score (nSPS) is 12.7. The molecule has 0 amide bonds. The van der Waals surface area contributed by atoms with Gasteiger partial charge in [-0.1, -0.05) is 221 Å². The maximum absolute atomic E-state index is 12.9. The number of allylic oxidation sites excluding steroid dienone is 14. The third-order valence-corrected chi connectivity index (χ3v) is 12.3. The Balaban J connectivity index is 4.46. The summed E-state index contributed by atoms with van der Waals surface area (Å²) < 4.78 is 16.8. The highest BCUT2D eigenvalue weighted by atomic mass is 16.6. The van der Waals surface area contributed by atoms with E-state index in [4.69, 9.17) is 14.2 Å². The Morgan fingerprint density at radius 2 is 0.522 bits per heavy atom. The molecule has 0 N–H and O–H groups in total. The van der Waals surface area contributed by atoms with Crippen LogP contribution in [0.3, 0.4) is 0 Å². The largest absolute Gasteiger partial charge is 0.462 e. The molecule has 0 fully saturated rings. The molecule has 0 rings (SSSR count). The Bertz CT molecular complexity index is 1330. The van der Waals surface area contributed by atoms with Gasteiger partial charge in [0.15, 0.2) is 6.10 Å². The van der Waals surface area contributed by atoms with Crippen LogP contribution in [0, 0.1) is 0 Å². The average Bonchev–Trinajstić information content (AvgIpc) is 3.35. The Morgan fingerprint density at radius 3 is 0.884 bits per heavy atom. The molecule has 0 aliphatic heterocycles. The van der Waals surface area contributed by atoms with Crippen LogP contribution in [0.2, 0.25) is 0 Å². The topological polar surface area (TPSA) is 78.9 Å². The van der Waals surface area contributed by atoms with Crippen molar-refractivity contribution in [3.8, 4) is 0 Å². The highest BCUT2D eigenvalue weighted by molar-refractivity contribution is 5.71. The van der Waals surface area contributed by atoms with E-state index in [9.17, 15) is 14.4 Å². The molecule has 0 saturated heterocycles. The number of hydrogen-bond acceptors (Lipinski definition) is 6. The first-order valence-electron chi connectivity index (χ1n) is 29.1. The fourth-order valence-electron chi connectivity index (χ4n) is 7.92. The van der Waals surface area contributed by atoms with Gasteiger partial charge in [-0.25, -0.2) is 0 Å². The summed E-state index contributed by atoms with van der Waals surface area (Å²) in [6.45, 7) is 6.54. The van der Waals surface area contributed by atoms with Gasteiger partial charge in [-0.2, -0.15) is 0 Å². The van der Waals surface area contributed by atoms with Crippen molar-refractivity contribution in [3.05, 3.63) is 85.1 Å². The van der Waals surface area contributed by atoms with Crippen molar-refractivity contribution in [1.82, 2.24) is 0 Å². The van der Waals surface area contributed by atoms with Crippen molar-refractivity contribution >= 4 is 17.9 Å². The average molecular weight is 962 g/mol. The van der Waals surface area contributed by atoms with Gasteiger partial charge in [0.25, 0.3) is 0 Å². The number of hydrogen-bond donors (Lipinski definition) is 0. The summed E-state index contributed by atoms with van der Waals surface area (Å²) in [7, 11) is 0. The highest BCUT2D eigenvalue weighted by Crippen LogP contribution is 2.14.